The van der Waals surface area contributed by atoms with Crippen molar-refractivity contribution >= 4 is 0 Å². The summed E-state index contributed by atoms with van der Waals surface area (Å²) in [6.07, 6.45) is 4.41. The molecule has 0 heterocycles. The number of nitriles is 1. The minimum absolute atomic E-state index is 0.0642. The molecule has 1 nitrogen and oxygen atoms in total. The molecule has 1 aromatic rings. The van der Waals surface area contributed by atoms with Gasteiger partial charge in [0.1, 0.15) is 0 Å². The highest BCUT2D eigenvalue weighted by molar-refractivity contribution is 5.20. The van der Waals surface area contributed by atoms with Gasteiger partial charge in [0.25, 0.3) is 0 Å². The first kappa shape index (κ1) is 10.2. The molecule has 0 aromatic heterocycles. The molecular weight excluding hydrogens is 182 g/mol. The Kier molecular flexibility index (Phi) is 2.77. The maximum atomic E-state index is 9.06. The Morgan fingerprint density at radius 3 is 2.33 bits per heavy atom. The van der Waals surface area contributed by atoms with Crippen LogP contribution in [0.1, 0.15) is 44.1 Å². The SMILES string of the molecule is CC1(C#N)CCC(c2ccccc2)CC1. The van der Waals surface area contributed by atoms with E-state index in [1.165, 1.54) is 5.56 Å². The molecule has 1 saturated carbocycles. The van der Waals surface area contributed by atoms with E-state index < -0.39 is 0 Å². The van der Waals surface area contributed by atoms with Crippen LogP contribution in [-0.4, -0.2) is 0 Å². The summed E-state index contributed by atoms with van der Waals surface area (Å²) in [5.41, 5.74) is 1.38. The molecule has 0 atom stereocenters. The van der Waals surface area contributed by atoms with E-state index in [1.54, 1.807) is 0 Å². The van der Waals surface area contributed by atoms with E-state index in [0.29, 0.717) is 5.92 Å². The third kappa shape index (κ3) is 2.21. The fourth-order valence-corrected chi connectivity index (χ4v) is 2.43. The molecule has 2 rings (SSSR count). The molecular formula is C14H17N. The fourth-order valence-electron chi connectivity index (χ4n) is 2.43. The van der Waals surface area contributed by atoms with Crippen LogP contribution in [0.3, 0.4) is 0 Å². The van der Waals surface area contributed by atoms with E-state index in [4.69, 9.17) is 5.26 Å². The van der Waals surface area contributed by atoms with Gasteiger partial charge in [-0.15, -0.1) is 0 Å². The van der Waals surface area contributed by atoms with Gasteiger partial charge in [-0.1, -0.05) is 30.3 Å². The van der Waals surface area contributed by atoms with Gasteiger partial charge in [-0.3, -0.25) is 0 Å². The van der Waals surface area contributed by atoms with E-state index >= 15 is 0 Å². The summed E-state index contributed by atoms with van der Waals surface area (Å²) in [7, 11) is 0. The predicted octanol–water partition coefficient (Wildman–Crippen LogP) is 3.87. The molecule has 0 spiro atoms. The molecule has 1 aromatic carbocycles. The quantitative estimate of drug-likeness (QED) is 0.673. The highest BCUT2D eigenvalue weighted by Gasteiger charge is 2.31. The summed E-state index contributed by atoms with van der Waals surface area (Å²) >= 11 is 0. The summed E-state index contributed by atoms with van der Waals surface area (Å²) < 4.78 is 0. The third-order valence-corrected chi connectivity index (χ3v) is 3.63. The van der Waals surface area contributed by atoms with Crippen molar-refractivity contribution in [2.24, 2.45) is 5.41 Å². The van der Waals surface area contributed by atoms with Gasteiger partial charge in [0.15, 0.2) is 0 Å². The Bertz CT molecular complexity index is 353. The lowest BCUT2D eigenvalue weighted by Gasteiger charge is -2.32. The third-order valence-electron chi connectivity index (χ3n) is 3.63. The van der Waals surface area contributed by atoms with Crippen LogP contribution in [0.2, 0.25) is 0 Å². The summed E-state index contributed by atoms with van der Waals surface area (Å²) in [4.78, 5) is 0. The zero-order valence-electron chi connectivity index (χ0n) is 9.24. The largest absolute Gasteiger partial charge is 0.198 e. The number of benzene rings is 1. The van der Waals surface area contributed by atoms with Crippen LogP contribution in [0, 0.1) is 16.7 Å². The van der Waals surface area contributed by atoms with Crippen molar-refractivity contribution in [3.8, 4) is 6.07 Å². The summed E-state index contributed by atoms with van der Waals surface area (Å²) in [5, 5.41) is 9.06. The van der Waals surface area contributed by atoms with Crippen LogP contribution in [0.5, 0.6) is 0 Å². The zero-order valence-corrected chi connectivity index (χ0v) is 9.24. The van der Waals surface area contributed by atoms with Gasteiger partial charge in [0.05, 0.1) is 11.5 Å². The number of nitrogens with zero attached hydrogens (tertiary/aromatic N) is 1. The van der Waals surface area contributed by atoms with Crippen LogP contribution in [-0.2, 0) is 0 Å². The second kappa shape index (κ2) is 4.06. The highest BCUT2D eigenvalue weighted by atomic mass is 14.4. The first-order valence-electron chi connectivity index (χ1n) is 5.70. The zero-order chi connectivity index (χ0) is 10.7. The first-order valence-corrected chi connectivity index (χ1v) is 5.70. The smallest absolute Gasteiger partial charge is 0.0686 e. The van der Waals surface area contributed by atoms with E-state index in [2.05, 4.69) is 43.3 Å². The Balaban J connectivity index is 2.04. The van der Waals surface area contributed by atoms with Crippen molar-refractivity contribution in [1.82, 2.24) is 0 Å². The van der Waals surface area contributed by atoms with Gasteiger partial charge in [-0.2, -0.15) is 5.26 Å². The van der Waals surface area contributed by atoms with Crippen LogP contribution in [0.4, 0.5) is 0 Å². The first-order chi connectivity index (χ1) is 7.23. The fraction of sp³-hybridized carbons (Fsp3) is 0.500. The van der Waals surface area contributed by atoms with Gasteiger partial charge >= 0.3 is 0 Å². The van der Waals surface area contributed by atoms with Gasteiger partial charge in [-0.25, -0.2) is 0 Å². The molecule has 1 aliphatic rings. The highest BCUT2D eigenvalue weighted by Crippen LogP contribution is 2.42. The lowest BCUT2D eigenvalue weighted by molar-refractivity contribution is 0.270. The molecule has 0 bridgehead atoms. The maximum absolute atomic E-state index is 9.06. The maximum Gasteiger partial charge on any atom is 0.0686 e. The van der Waals surface area contributed by atoms with E-state index in [1.807, 2.05) is 0 Å². The normalized spacial score (nSPS) is 30.8. The van der Waals surface area contributed by atoms with Crippen LogP contribution in [0.25, 0.3) is 0 Å². The summed E-state index contributed by atoms with van der Waals surface area (Å²) in [5.74, 6) is 0.674. The van der Waals surface area contributed by atoms with Crippen molar-refractivity contribution in [3.63, 3.8) is 0 Å². The average Bonchev–Trinajstić information content (AvgIpc) is 2.31. The van der Waals surface area contributed by atoms with Crippen molar-refractivity contribution in [3.05, 3.63) is 35.9 Å². The standard InChI is InChI=1S/C14H17N/c1-14(11-15)9-7-13(8-10-14)12-5-3-2-4-6-12/h2-6,13H,7-10H2,1H3. The Labute approximate surface area is 91.7 Å². The lowest BCUT2D eigenvalue weighted by Crippen LogP contribution is -2.21. The van der Waals surface area contributed by atoms with Crippen molar-refractivity contribution in [2.45, 2.75) is 38.5 Å². The van der Waals surface area contributed by atoms with Crippen molar-refractivity contribution < 1.29 is 0 Å². The van der Waals surface area contributed by atoms with Crippen LogP contribution < -0.4 is 0 Å². The average molecular weight is 199 g/mol. The number of hydrogen-bond acceptors (Lipinski definition) is 1. The molecule has 0 N–H and O–H groups in total. The molecule has 1 fully saturated rings. The molecule has 15 heavy (non-hydrogen) atoms. The van der Waals surface area contributed by atoms with Gasteiger partial charge in [-0.05, 0) is 44.1 Å². The topological polar surface area (TPSA) is 23.8 Å². The van der Waals surface area contributed by atoms with Gasteiger partial charge < -0.3 is 0 Å². The van der Waals surface area contributed by atoms with E-state index in [-0.39, 0.29) is 5.41 Å². The monoisotopic (exact) mass is 199 g/mol. The molecule has 1 heteroatoms. The predicted molar refractivity (Wildman–Crippen MR) is 61.4 cm³/mol. The van der Waals surface area contributed by atoms with Gasteiger partial charge in [0, 0.05) is 0 Å². The second-order valence-corrected chi connectivity index (χ2v) is 4.86. The molecule has 0 amide bonds. The lowest BCUT2D eigenvalue weighted by atomic mass is 9.71. The minimum atomic E-state index is -0.0642. The molecule has 0 radical (unpaired) electrons. The minimum Gasteiger partial charge on any atom is -0.198 e. The Hall–Kier alpha value is -1.29. The number of rotatable bonds is 1. The van der Waals surface area contributed by atoms with Gasteiger partial charge in [0.2, 0.25) is 0 Å². The van der Waals surface area contributed by atoms with Crippen LogP contribution in [0.15, 0.2) is 30.3 Å². The molecule has 0 saturated heterocycles. The number of hydrogen-bond donors (Lipinski definition) is 0. The van der Waals surface area contributed by atoms with Crippen molar-refractivity contribution in [2.75, 3.05) is 0 Å². The molecule has 0 unspecified atom stereocenters. The summed E-state index contributed by atoms with van der Waals surface area (Å²) in [6, 6.07) is 13.1. The molecule has 1 aliphatic carbocycles. The summed E-state index contributed by atoms with van der Waals surface area (Å²) in [6.45, 7) is 2.09. The second-order valence-electron chi connectivity index (χ2n) is 4.86. The van der Waals surface area contributed by atoms with E-state index in [9.17, 15) is 0 Å². The molecule has 0 aliphatic heterocycles. The van der Waals surface area contributed by atoms with Crippen LogP contribution >= 0.6 is 0 Å². The molecule has 78 valence electrons. The Morgan fingerprint density at radius 2 is 1.80 bits per heavy atom. The van der Waals surface area contributed by atoms with E-state index in [0.717, 1.165) is 25.7 Å². The Morgan fingerprint density at radius 1 is 1.20 bits per heavy atom. The van der Waals surface area contributed by atoms with Crippen molar-refractivity contribution in [1.29, 1.82) is 5.26 Å².